The lowest BCUT2D eigenvalue weighted by molar-refractivity contribution is -0.147. The molecule has 0 radical (unpaired) electrons. The number of hydrogen-bond acceptors (Lipinski definition) is 3. The largest absolute Gasteiger partial charge is 0.480 e. The molecule has 1 atom stereocenters. The van der Waals surface area contributed by atoms with Gasteiger partial charge in [0.1, 0.15) is 5.54 Å². The Labute approximate surface area is 124 Å². The lowest BCUT2D eigenvalue weighted by Gasteiger charge is -2.26. The van der Waals surface area contributed by atoms with Gasteiger partial charge >= 0.3 is 5.97 Å². The van der Waals surface area contributed by atoms with E-state index < -0.39 is 29.0 Å². The Morgan fingerprint density at radius 1 is 1.38 bits per heavy atom. The Morgan fingerprint density at radius 3 is 2.57 bits per heavy atom. The third-order valence-electron chi connectivity index (χ3n) is 3.50. The van der Waals surface area contributed by atoms with E-state index in [1.165, 1.54) is 13.0 Å². The predicted octanol–water partition coefficient (Wildman–Crippen LogP) is 2.43. The van der Waals surface area contributed by atoms with Gasteiger partial charge in [-0.25, -0.2) is 13.6 Å². The molecule has 1 aliphatic carbocycles. The Kier molecular flexibility index (Phi) is 4.51. The Balaban J connectivity index is 1.92. The zero-order valence-electron chi connectivity index (χ0n) is 11.4. The summed E-state index contributed by atoms with van der Waals surface area (Å²) < 4.78 is 25.8. The second kappa shape index (κ2) is 6.01. The summed E-state index contributed by atoms with van der Waals surface area (Å²) in [5, 5.41) is 11.8. The number of carboxylic acid groups (broad SMARTS) is 1. The highest BCUT2D eigenvalue weighted by Crippen LogP contribution is 2.39. The van der Waals surface area contributed by atoms with E-state index in [1.807, 2.05) is 0 Å². The molecular formula is C14H15F2NO3S. The maximum atomic E-state index is 13.0. The predicted molar refractivity (Wildman–Crippen MR) is 74.0 cm³/mol. The van der Waals surface area contributed by atoms with Crippen LogP contribution >= 0.6 is 11.8 Å². The third kappa shape index (κ3) is 3.72. The molecule has 114 valence electrons. The van der Waals surface area contributed by atoms with Gasteiger partial charge in [-0.05, 0) is 43.9 Å². The summed E-state index contributed by atoms with van der Waals surface area (Å²) in [5.74, 6) is -3.53. The Morgan fingerprint density at radius 2 is 2.05 bits per heavy atom. The molecule has 0 spiro atoms. The van der Waals surface area contributed by atoms with Crippen LogP contribution in [0.3, 0.4) is 0 Å². The second-order valence-corrected chi connectivity index (χ2v) is 6.24. The number of carbonyl (C=O) groups is 2. The summed E-state index contributed by atoms with van der Waals surface area (Å²) in [6, 6.07) is 3.36. The van der Waals surface area contributed by atoms with Gasteiger partial charge in [-0.2, -0.15) is 0 Å². The summed E-state index contributed by atoms with van der Waals surface area (Å²) in [5.41, 5.74) is -1.26. The van der Waals surface area contributed by atoms with Crippen LogP contribution in [0.1, 0.15) is 19.8 Å². The van der Waals surface area contributed by atoms with Crippen LogP contribution in [-0.4, -0.2) is 28.3 Å². The maximum Gasteiger partial charge on any atom is 0.329 e. The molecule has 4 nitrogen and oxygen atoms in total. The third-order valence-corrected chi connectivity index (χ3v) is 4.49. The molecule has 1 aliphatic rings. The molecule has 7 heteroatoms. The number of aliphatic carboxylic acids is 1. The fourth-order valence-electron chi connectivity index (χ4n) is 2.03. The number of nitrogens with one attached hydrogen (secondary N) is 1. The quantitative estimate of drug-likeness (QED) is 0.791. The van der Waals surface area contributed by atoms with Crippen LogP contribution in [0.2, 0.25) is 0 Å². The summed E-state index contributed by atoms with van der Waals surface area (Å²) in [7, 11) is 0. The van der Waals surface area contributed by atoms with Crippen molar-refractivity contribution in [3.05, 3.63) is 29.8 Å². The summed E-state index contributed by atoms with van der Waals surface area (Å²) in [6.07, 6.45) is 1.55. The van der Waals surface area contributed by atoms with Gasteiger partial charge in [0.25, 0.3) is 0 Å². The van der Waals surface area contributed by atoms with Crippen molar-refractivity contribution < 1.29 is 23.5 Å². The number of hydrogen-bond donors (Lipinski definition) is 2. The van der Waals surface area contributed by atoms with Crippen molar-refractivity contribution in [2.45, 2.75) is 30.2 Å². The van der Waals surface area contributed by atoms with Gasteiger partial charge in [-0.15, -0.1) is 11.8 Å². The average Bonchev–Trinajstić information content (AvgIpc) is 3.24. The molecule has 1 aromatic rings. The van der Waals surface area contributed by atoms with Gasteiger partial charge < -0.3 is 10.4 Å². The van der Waals surface area contributed by atoms with E-state index in [1.54, 1.807) is 0 Å². The highest BCUT2D eigenvalue weighted by molar-refractivity contribution is 8.00. The zero-order valence-corrected chi connectivity index (χ0v) is 12.2. The molecule has 0 heterocycles. The fraction of sp³-hybridized carbons (Fsp3) is 0.429. The van der Waals surface area contributed by atoms with E-state index in [9.17, 15) is 23.5 Å². The topological polar surface area (TPSA) is 66.4 Å². The molecule has 0 saturated heterocycles. The number of benzene rings is 1. The van der Waals surface area contributed by atoms with E-state index in [-0.39, 0.29) is 11.7 Å². The maximum absolute atomic E-state index is 13.0. The minimum Gasteiger partial charge on any atom is -0.480 e. The van der Waals surface area contributed by atoms with Crippen molar-refractivity contribution >= 4 is 23.6 Å². The lowest BCUT2D eigenvalue weighted by atomic mass is 9.96. The number of halogens is 2. The first-order chi connectivity index (χ1) is 9.83. The number of thioether (sulfide) groups is 1. The molecule has 1 unspecified atom stereocenters. The first-order valence-electron chi connectivity index (χ1n) is 6.45. The molecule has 0 aromatic heterocycles. The van der Waals surface area contributed by atoms with Crippen LogP contribution in [0.5, 0.6) is 0 Å². The summed E-state index contributed by atoms with van der Waals surface area (Å²) >= 11 is 1.02. The van der Waals surface area contributed by atoms with Gasteiger partial charge in [0.05, 0.1) is 5.75 Å². The fourth-order valence-corrected chi connectivity index (χ4v) is 2.75. The molecule has 0 aliphatic heterocycles. The molecule has 0 bridgehead atoms. The van der Waals surface area contributed by atoms with Crippen LogP contribution in [0.25, 0.3) is 0 Å². The normalized spacial score (nSPS) is 17.1. The zero-order chi connectivity index (χ0) is 15.6. The first-order valence-corrected chi connectivity index (χ1v) is 7.43. The van der Waals surface area contributed by atoms with Crippen molar-refractivity contribution in [3.8, 4) is 0 Å². The van der Waals surface area contributed by atoms with E-state index in [0.717, 1.165) is 36.7 Å². The monoisotopic (exact) mass is 315 g/mol. The number of rotatable bonds is 6. The first kappa shape index (κ1) is 15.8. The van der Waals surface area contributed by atoms with Crippen molar-refractivity contribution in [2.75, 3.05) is 5.75 Å². The van der Waals surface area contributed by atoms with Crippen LogP contribution in [-0.2, 0) is 9.59 Å². The van der Waals surface area contributed by atoms with E-state index in [4.69, 9.17) is 0 Å². The lowest BCUT2D eigenvalue weighted by Crippen LogP contribution is -2.54. The van der Waals surface area contributed by atoms with Crippen LogP contribution in [0, 0.1) is 17.6 Å². The van der Waals surface area contributed by atoms with E-state index in [2.05, 4.69) is 5.32 Å². The summed E-state index contributed by atoms with van der Waals surface area (Å²) in [4.78, 5) is 23.5. The van der Waals surface area contributed by atoms with E-state index >= 15 is 0 Å². The highest BCUT2D eigenvalue weighted by atomic mass is 32.2. The molecule has 1 aromatic carbocycles. The van der Waals surface area contributed by atoms with Crippen LogP contribution in [0.15, 0.2) is 23.1 Å². The smallest absolute Gasteiger partial charge is 0.329 e. The second-order valence-electron chi connectivity index (χ2n) is 5.19. The van der Waals surface area contributed by atoms with Gasteiger partial charge in [0.15, 0.2) is 11.6 Å². The molecule has 1 amide bonds. The van der Waals surface area contributed by atoms with Gasteiger partial charge in [-0.3, -0.25) is 4.79 Å². The molecular weight excluding hydrogens is 300 g/mol. The van der Waals surface area contributed by atoms with Crippen LogP contribution in [0.4, 0.5) is 8.78 Å². The molecule has 1 fully saturated rings. The van der Waals surface area contributed by atoms with Crippen LogP contribution < -0.4 is 5.32 Å². The molecule has 2 N–H and O–H groups in total. The Bertz CT molecular complexity index is 577. The van der Waals surface area contributed by atoms with E-state index in [0.29, 0.717) is 4.90 Å². The van der Waals surface area contributed by atoms with Gasteiger partial charge in [0, 0.05) is 4.90 Å². The number of carbonyl (C=O) groups excluding carboxylic acids is 1. The number of carboxylic acids is 1. The summed E-state index contributed by atoms with van der Waals surface area (Å²) in [6.45, 7) is 1.49. The number of amides is 1. The SMILES string of the molecule is CC(NC(=O)CSc1ccc(F)c(F)c1)(C(=O)O)C1CC1. The van der Waals surface area contributed by atoms with Crippen molar-refractivity contribution in [2.24, 2.45) is 5.92 Å². The molecule has 2 rings (SSSR count). The van der Waals surface area contributed by atoms with Crippen molar-refractivity contribution in [3.63, 3.8) is 0 Å². The Hall–Kier alpha value is -1.63. The van der Waals surface area contributed by atoms with Gasteiger partial charge in [0.2, 0.25) is 5.91 Å². The molecule has 1 saturated carbocycles. The highest BCUT2D eigenvalue weighted by Gasteiger charge is 2.48. The molecule has 21 heavy (non-hydrogen) atoms. The van der Waals surface area contributed by atoms with Crippen molar-refractivity contribution in [1.82, 2.24) is 5.32 Å². The standard InChI is InChI=1S/C14H15F2NO3S/c1-14(13(19)20,8-2-3-8)17-12(18)7-21-9-4-5-10(15)11(16)6-9/h4-6,8H,2-3,7H2,1H3,(H,17,18)(H,19,20). The van der Waals surface area contributed by atoms with Gasteiger partial charge in [-0.1, -0.05) is 0 Å². The van der Waals surface area contributed by atoms with Crippen molar-refractivity contribution in [1.29, 1.82) is 0 Å². The minimum atomic E-state index is -1.26. The average molecular weight is 315 g/mol. The minimum absolute atomic E-state index is 0.0489.